The van der Waals surface area contributed by atoms with Crippen molar-refractivity contribution in [1.29, 1.82) is 0 Å². The molecule has 1 aliphatic carbocycles. The van der Waals surface area contributed by atoms with Gasteiger partial charge in [-0.05, 0) is 85.6 Å². The van der Waals surface area contributed by atoms with Crippen LogP contribution in [0.3, 0.4) is 0 Å². The maximum absolute atomic E-state index is 5.44. The van der Waals surface area contributed by atoms with Gasteiger partial charge in [-0.2, -0.15) is 0 Å². The second kappa shape index (κ2) is 13.8. The third-order valence-corrected chi connectivity index (χ3v) is 13.5. The van der Waals surface area contributed by atoms with Crippen LogP contribution in [-0.2, 0) is 5.41 Å². The second-order valence-electron chi connectivity index (χ2n) is 15.7. The largest absolute Gasteiger partial charge is 0.228 e. The fourth-order valence-electron chi connectivity index (χ4n) is 9.65. The summed E-state index contributed by atoms with van der Waals surface area (Å²) in [5, 5.41) is 4.91. The molecule has 1 aliphatic rings. The summed E-state index contributed by atoms with van der Waals surface area (Å²) < 4.78 is 2.61. The predicted molar refractivity (Wildman–Crippen MR) is 251 cm³/mol. The van der Waals surface area contributed by atoms with Gasteiger partial charge in [-0.15, -0.1) is 11.3 Å². The molecular formula is C57H36N2S. The van der Waals surface area contributed by atoms with Crippen molar-refractivity contribution in [3.05, 3.63) is 241 Å². The molecule has 0 saturated carbocycles. The van der Waals surface area contributed by atoms with Crippen LogP contribution in [0.4, 0.5) is 0 Å². The molecule has 0 amide bonds. The summed E-state index contributed by atoms with van der Waals surface area (Å²) in [6.45, 7) is 0. The first-order chi connectivity index (χ1) is 29.7. The van der Waals surface area contributed by atoms with Gasteiger partial charge in [0.25, 0.3) is 0 Å². The van der Waals surface area contributed by atoms with Crippen LogP contribution in [0.5, 0.6) is 0 Å². The highest BCUT2D eigenvalue weighted by Crippen LogP contribution is 2.56. The van der Waals surface area contributed by atoms with Crippen LogP contribution in [0.25, 0.3) is 87.1 Å². The lowest BCUT2D eigenvalue weighted by atomic mass is 9.67. The van der Waals surface area contributed by atoms with E-state index in [4.69, 9.17) is 9.97 Å². The molecule has 12 rings (SSSR count). The van der Waals surface area contributed by atoms with Gasteiger partial charge in [0.05, 0.1) is 16.8 Å². The van der Waals surface area contributed by atoms with E-state index in [2.05, 4.69) is 218 Å². The lowest BCUT2D eigenvalue weighted by Crippen LogP contribution is -2.28. The summed E-state index contributed by atoms with van der Waals surface area (Å²) in [6.07, 6.45) is 0. The zero-order chi connectivity index (χ0) is 39.6. The van der Waals surface area contributed by atoms with Crippen molar-refractivity contribution in [2.24, 2.45) is 0 Å². The fourth-order valence-corrected chi connectivity index (χ4v) is 10.8. The van der Waals surface area contributed by atoms with Crippen molar-refractivity contribution < 1.29 is 0 Å². The molecule has 60 heavy (non-hydrogen) atoms. The monoisotopic (exact) mass is 780 g/mol. The van der Waals surface area contributed by atoms with Gasteiger partial charge in [-0.3, -0.25) is 0 Å². The molecule has 0 fully saturated rings. The molecule has 3 heteroatoms. The Balaban J connectivity index is 1.07. The van der Waals surface area contributed by atoms with Gasteiger partial charge in [0, 0.05) is 36.9 Å². The van der Waals surface area contributed by atoms with Gasteiger partial charge in [0.2, 0.25) is 0 Å². The van der Waals surface area contributed by atoms with Crippen molar-refractivity contribution in [2.45, 2.75) is 5.41 Å². The standard InChI is InChI=1S/C57H36N2S/c1-3-19-42(20-4-1)57(43-21-5-2-6-22-43)50-27-11-9-24-45(50)46-31-30-41(34-51(46)57)53-36-52(58-56(59-53)49-26-14-16-37-15-7-8-23-44(37)49)40-18-13-17-38(33-40)39-29-32-48-47-25-10-12-28-54(47)60-55(48)35-39/h1-36H. The van der Waals surface area contributed by atoms with Crippen molar-refractivity contribution in [3.63, 3.8) is 0 Å². The Morgan fingerprint density at radius 1 is 0.333 bits per heavy atom. The number of benzene rings is 9. The lowest BCUT2D eigenvalue weighted by Gasteiger charge is -2.34. The molecule has 2 aromatic heterocycles. The van der Waals surface area contributed by atoms with Gasteiger partial charge in [0.1, 0.15) is 0 Å². The van der Waals surface area contributed by atoms with Crippen LogP contribution in [-0.4, -0.2) is 9.97 Å². The van der Waals surface area contributed by atoms with Crippen LogP contribution in [0.2, 0.25) is 0 Å². The van der Waals surface area contributed by atoms with Crippen molar-refractivity contribution in [3.8, 4) is 56.2 Å². The van der Waals surface area contributed by atoms with Gasteiger partial charge >= 0.3 is 0 Å². The maximum Gasteiger partial charge on any atom is 0.161 e. The van der Waals surface area contributed by atoms with E-state index >= 15 is 0 Å². The average Bonchev–Trinajstić information content (AvgIpc) is 3.85. The van der Waals surface area contributed by atoms with Crippen molar-refractivity contribution in [2.75, 3.05) is 0 Å². The zero-order valence-corrected chi connectivity index (χ0v) is 33.4. The molecule has 0 radical (unpaired) electrons. The van der Waals surface area contributed by atoms with Crippen molar-refractivity contribution in [1.82, 2.24) is 9.97 Å². The molecule has 0 unspecified atom stereocenters. The first-order valence-corrected chi connectivity index (χ1v) is 21.3. The van der Waals surface area contributed by atoms with E-state index < -0.39 is 5.41 Å². The van der Waals surface area contributed by atoms with E-state index in [1.54, 1.807) is 0 Å². The van der Waals surface area contributed by atoms with Gasteiger partial charge < -0.3 is 0 Å². The van der Waals surface area contributed by atoms with E-state index in [1.165, 1.54) is 59.1 Å². The lowest BCUT2D eigenvalue weighted by molar-refractivity contribution is 0.768. The number of aromatic nitrogens is 2. The minimum absolute atomic E-state index is 0.511. The van der Waals surface area contributed by atoms with Crippen LogP contribution >= 0.6 is 11.3 Å². The zero-order valence-electron chi connectivity index (χ0n) is 32.6. The predicted octanol–water partition coefficient (Wildman–Crippen LogP) is 15.0. The Morgan fingerprint density at radius 2 is 0.900 bits per heavy atom. The summed E-state index contributed by atoms with van der Waals surface area (Å²) in [5.74, 6) is 0.706. The van der Waals surface area contributed by atoms with Gasteiger partial charge in [-0.1, -0.05) is 188 Å². The minimum atomic E-state index is -0.511. The van der Waals surface area contributed by atoms with Crippen molar-refractivity contribution >= 4 is 42.3 Å². The van der Waals surface area contributed by atoms with E-state index in [-0.39, 0.29) is 0 Å². The third kappa shape index (κ3) is 5.40. The fraction of sp³-hybridized carbons (Fsp3) is 0.0175. The quantitative estimate of drug-likeness (QED) is 0.168. The van der Waals surface area contributed by atoms with E-state index in [0.29, 0.717) is 5.82 Å². The summed E-state index contributed by atoms with van der Waals surface area (Å²) in [5.41, 5.74) is 14.2. The molecule has 0 spiro atoms. The number of thiophene rings is 1. The smallest absolute Gasteiger partial charge is 0.161 e. The van der Waals surface area contributed by atoms with Crippen LogP contribution in [0, 0.1) is 0 Å². The average molecular weight is 781 g/mol. The van der Waals surface area contributed by atoms with E-state index in [1.807, 2.05) is 11.3 Å². The molecule has 11 aromatic rings. The minimum Gasteiger partial charge on any atom is -0.228 e. The summed E-state index contributed by atoms with van der Waals surface area (Å²) in [6, 6.07) is 79.3. The molecule has 9 aromatic carbocycles. The van der Waals surface area contributed by atoms with E-state index in [9.17, 15) is 0 Å². The molecule has 2 nitrogen and oxygen atoms in total. The Morgan fingerprint density at radius 3 is 1.72 bits per heavy atom. The third-order valence-electron chi connectivity index (χ3n) is 12.4. The molecule has 0 N–H and O–H groups in total. The second-order valence-corrected chi connectivity index (χ2v) is 16.8. The first kappa shape index (κ1) is 34.6. The molecule has 0 bridgehead atoms. The highest BCUT2D eigenvalue weighted by atomic mass is 32.1. The Kier molecular flexibility index (Phi) is 7.97. The Labute approximate surface area is 352 Å². The van der Waals surface area contributed by atoms with Gasteiger partial charge in [0.15, 0.2) is 5.82 Å². The molecule has 2 heterocycles. The Bertz CT molecular complexity index is 3390. The normalized spacial score (nSPS) is 12.8. The molecule has 0 saturated heterocycles. The van der Waals surface area contributed by atoms with Crippen LogP contribution in [0.1, 0.15) is 22.3 Å². The molecule has 280 valence electrons. The van der Waals surface area contributed by atoms with Crippen LogP contribution in [0.15, 0.2) is 218 Å². The SMILES string of the molecule is c1ccc(C2(c3ccccc3)c3ccccc3-c3ccc(-c4cc(-c5cccc(-c6ccc7c(c6)sc6ccccc67)c5)nc(-c5cccc6ccccc56)n4)cc32)cc1. The summed E-state index contributed by atoms with van der Waals surface area (Å²) >= 11 is 1.85. The first-order valence-electron chi connectivity index (χ1n) is 20.5. The topological polar surface area (TPSA) is 25.8 Å². The Hall–Kier alpha value is -7.46. The highest BCUT2D eigenvalue weighted by molar-refractivity contribution is 7.25. The van der Waals surface area contributed by atoms with E-state index in [0.717, 1.165) is 44.4 Å². The molecule has 0 atom stereocenters. The van der Waals surface area contributed by atoms with Crippen LogP contribution < -0.4 is 0 Å². The summed E-state index contributed by atoms with van der Waals surface area (Å²) in [4.78, 5) is 10.8. The molecule has 0 aliphatic heterocycles. The summed E-state index contributed by atoms with van der Waals surface area (Å²) in [7, 11) is 0. The number of rotatable bonds is 6. The number of fused-ring (bicyclic) bond motifs is 7. The van der Waals surface area contributed by atoms with Gasteiger partial charge in [-0.25, -0.2) is 9.97 Å². The number of hydrogen-bond acceptors (Lipinski definition) is 3. The maximum atomic E-state index is 5.44. The highest BCUT2D eigenvalue weighted by Gasteiger charge is 2.46. The number of nitrogens with zero attached hydrogens (tertiary/aromatic N) is 2. The number of hydrogen-bond donors (Lipinski definition) is 0. The molecular weight excluding hydrogens is 745 g/mol.